The van der Waals surface area contributed by atoms with Crippen LogP contribution >= 0.6 is 0 Å². The molecule has 2 bridgehead atoms. The zero-order valence-electron chi connectivity index (χ0n) is 7.24. The normalized spacial score (nSPS) is 49.8. The second-order valence-corrected chi connectivity index (χ2v) is 4.94. The van der Waals surface area contributed by atoms with Crippen molar-refractivity contribution in [3.63, 3.8) is 0 Å². The minimum atomic E-state index is 0.827. The Morgan fingerprint density at radius 3 is 2.20 bits per heavy atom. The van der Waals surface area contributed by atoms with Gasteiger partial charge in [0.1, 0.15) is 0 Å². The molecule has 0 radical (unpaired) electrons. The minimum absolute atomic E-state index is 0.827. The van der Waals surface area contributed by atoms with Crippen molar-refractivity contribution in [3.8, 4) is 0 Å². The highest BCUT2D eigenvalue weighted by atomic mass is 14.7. The van der Waals surface area contributed by atoms with E-state index in [2.05, 4.69) is 13.8 Å². The van der Waals surface area contributed by atoms with Crippen LogP contribution in [0.5, 0.6) is 0 Å². The zero-order valence-corrected chi connectivity index (χ0v) is 7.24. The molecule has 0 aliphatic heterocycles. The van der Waals surface area contributed by atoms with E-state index in [1.54, 1.807) is 19.3 Å². The van der Waals surface area contributed by atoms with Crippen LogP contribution in [0.1, 0.15) is 52.4 Å². The predicted molar refractivity (Wildman–Crippen MR) is 43.9 cm³/mol. The molecule has 3 aliphatic carbocycles. The molecule has 0 N–H and O–H groups in total. The first-order chi connectivity index (χ1) is 4.68. The van der Waals surface area contributed by atoms with E-state index in [4.69, 9.17) is 0 Å². The first-order valence-corrected chi connectivity index (χ1v) is 4.68. The summed E-state index contributed by atoms with van der Waals surface area (Å²) in [5.41, 5.74) is 1.71. The SMILES string of the molecule is CCCCC12CC(C)(C1)C2. The number of hydrogen-bond donors (Lipinski definition) is 0. The molecule has 0 aromatic heterocycles. The largest absolute Gasteiger partial charge is 0.0654 e. The highest BCUT2D eigenvalue weighted by Crippen LogP contribution is 2.74. The van der Waals surface area contributed by atoms with Gasteiger partial charge in [-0.05, 0) is 36.5 Å². The van der Waals surface area contributed by atoms with Gasteiger partial charge in [-0.1, -0.05) is 26.7 Å². The van der Waals surface area contributed by atoms with Crippen LogP contribution in [0.4, 0.5) is 0 Å². The molecule has 0 heterocycles. The Bertz CT molecular complexity index is 126. The van der Waals surface area contributed by atoms with Crippen LogP contribution in [0.2, 0.25) is 0 Å². The van der Waals surface area contributed by atoms with Gasteiger partial charge in [0, 0.05) is 0 Å². The quantitative estimate of drug-likeness (QED) is 0.561. The Kier molecular flexibility index (Phi) is 1.19. The first-order valence-electron chi connectivity index (χ1n) is 4.68. The van der Waals surface area contributed by atoms with Gasteiger partial charge in [0.25, 0.3) is 0 Å². The Morgan fingerprint density at radius 1 is 1.20 bits per heavy atom. The molecule has 10 heavy (non-hydrogen) atoms. The topological polar surface area (TPSA) is 0 Å². The van der Waals surface area contributed by atoms with Crippen molar-refractivity contribution in [1.29, 1.82) is 0 Å². The van der Waals surface area contributed by atoms with Crippen molar-refractivity contribution in [2.45, 2.75) is 52.4 Å². The maximum Gasteiger partial charge on any atom is -0.0282 e. The van der Waals surface area contributed by atoms with E-state index in [0.29, 0.717) is 0 Å². The van der Waals surface area contributed by atoms with Crippen molar-refractivity contribution in [1.82, 2.24) is 0 Å². The molecule has 0 spiro atoms. The summed E-state index contributed by atoms with van der Waals surface area (Å²) >= 11 is 0. The Labute approximate surface area is 64.0 Å². The molecular weight excluding hydrogens is 120 g/mol. The lowest BCUT2D eigenvalue weighted by atomic mass is 9.35. The van der Waals surface area contributed by atoms with Gasteiger partial charge in [-0.2, -0.15) is 0 Å². The summed E-state index contributed by atoms with van der Waals surface area (Å²) in [6.45, 7) is 4.74. The van der Waals surface area contributed by atoms with Crippen molar-refractivity contribution < 1.29 is 0 Å². The third-order valence-electron chi connectivity index (χ3n) is 3.47. The van der Waals surface area contributed by atoms with Crippen LogP contribution in [0.15, 0.2) is 0 Å². The Morgan fingerprint density at radius 2 is 1.80 bits per heavy atom. The lowest BCUT2D eigenvalue weighted by molar-refractivity contribution is -0.195. The fourth-order valence-electron chi connectivity index (χ4n) is 3.38. The Hall–Kier alpha value is 0. The number of hydrogen-bond acceptors (Lipinski definition) is 0. The average molecular weight is 138 g/mol. The van der Waals surface area contributed by atoms with Crippen molar-refractivity contribution in [3.05, 3.63) is 0 Å². The van der Waals surface area contributed by atoms with Gasteiger partial charge in [0.15, 0.2) is 0 Å². The molecule has 0 heteroatoms. The minimum Gasteiger partial charge on any atom is -0.0654 e. The molecule has 0 amide bonds. The third-order valence-corrected chi connectivity index (χ3v) is 3.47. The average Bonchev–Trinajstić information content (AvgIpc) is 1.75. The van der Waals surface area contributed by atoms with Crippen molar-refractivity contribution >= 4 is 0 Å². The van der Waals surface area contributed by atoms with Gasteiger partial charge in [0.05, 0.1) is 0 Å². The van der Waals surface area contributed by atoms with Crippen LogP contribution in [-0.4, -0.2) is 0 Å². The maximum atomic E-state index is 2.45. The van der Waals surface area contributed by atoms with Gasteiger partial charge in [0.2, 0.25) is 0 Å². The van der Waals surface area contributed by atoms with Crippen molar-refractivity contribution in [2.75, 3.05) is 0 Å². The molecule has 0 nitrogen and oxygen atoms in total. The van der Waals surface area contributed by atoms with Crippen molar-refractivity contribution in [2.24, 2.45) is 10.8 Å². The fourth-order valence-corrected chi connectivity index (χ4v) is 3.38. The number of rotatable bonds is 3. The van der Waals surface area contributed by atoms with Gasteiger partial charge >= 0.3 is 0 Å². The van der Waals surface area contributed by atoms with Crippen LogP contribution in [0, 0.1) is 10.8 Å². The monoisotopic (exact) mass is 138 g/mol. The summed E-state index contributed by atoms with van der Waals surface area (Å²) in [7, 11) is 0. The summed E-state index contributed by atoms with van der Waals surface area (Å²) in [6, 6.07) is 0. The molecule has 3 rings (SSSR count). The predicted octanol–water partition coefficient (Wildman–Crippen LogP) is 3.37. The second kappa shape index (κ2) is 1.78. The van der Waals surface area contributed by atoms with E-state index >= 15 is 0 Å². The van der Waals surface area contributed by atoms with Crippen LogP contribution < -0.4 is 0 Å². The van der Waals surface area contributed by atoms with E-state index in [1.165, 1.54) is 19.3 Å². The lowest BCUT2D eigenvalue weighted by Crippen LogP contribution is -2.59. The van der Waals surface area contributed by atoms with E-state index in [1.807, 2.05) is 0 Å². The summed E-state index contributed by atoms with van der Waals surface area (Å²) in [5, 5.41) is 0. The number of unbranched alkanes of at least 4 members (excludes halogenated alkanes) is 1. The second-order valence-electron chi connectivity index (χ2n) is 4.94. The molecule has 58 valence electrons. The van der Waals surface area contributed by atoms with Crippen LogP contribution in [0.3, 0.4) is 0 Å². The highest BCUT2D eigenvalue weighted by Gasteiger charge is 2.63. The summed E-state index contributed by atoms with van der Waals surface area (Å²) in [4.78, 5) is 0. The van der Waals surface area contributed by atoms with Gasteiger partial charge in [-0.15, -0.1) is 0 Å². The van der Waals surface area contributed by atoms with Gasteiger partial charge in [-0.3, -0.25) is 0 Å². The summed E-state index contributed by atoms with van der Waals surface area (Å²) in [5.74, 6) is 0. The lowest BCUT2D eigenvalue weighted by Gasteiger charge is -2.70. The zero-order chi connectivity index (χ0) is 7.24. The maximum absolute atomic E-state index is 2.45. The fraction of sp³-hybridized carbons (Fsp3) is 1.00. The van der Waals surface area contributed by atoms with E-state index in [-0.39, 0.29) is 0 Å². The molecular formula is C10H18. The first kappa shape index (κ1) is 6.69. The summed E-state index contributed by atoms with van der Waals surface area (Å²) < 4.78 is 0. The smallest absolute Gasteiger partial charge is 0.0282 e. The molecule has 3 fully saturated rings. The molecule has 0 aromatic rings. The molecule has 0 atom stereocenters. The van der Waals surface area contributed by atoms with Gasteiger partial charge in [-0.25, -0.2) is 0 Å². The van der Waals surface area contributed by atoms with Crippen LogP contribution in [-0.2, 0) is 0 Å². The highest BCUT2D eigenvalue weighted by molar-refractivity contribution is 5.14. The van der Waals surface area contributed by atoms with E-state index in [9.17, 15) is 0 Å². The van der Waals surface area contributed by atoms with E-state index < -0.39 is 0 Å². The third kappa shape index (κ3) is 0.741. The molecule has 3 aliphatic rings. The molecule has 3 saturated carbocycles. The molecule has 0 aromatic carbocycles. The Balaban J connectivity index is 1.77. The standard InChI is InChI=1S/C10H18/c1-3-4-5-10-6-9(2,7-10)8-10/h3-8H2,1-2H3. The van der Waals surface area contributed by atoms with E-state index in [0.717, 1.165) is 10.8 Å². The summed E-state index contributed by atoms with van der Waals surface area (Å²) in [6.07, 6.45) is 9.05. The van der Waals surface area contributed by atoms with Crippen LogP contribution in [0.25, 0.3) is 0 Å². The molecule has 0 unspecified atom stereocenters. The molecule has 0 saturated heterocycles. The van der Waals surface area contributed by atoms with Gasteiger partial charge < -0.3 is 0 Å².